The van der Waals surface area contributed by atoms with Gasteiger partial charge in [0.05, 0.1) is 5.69 Å². The summed E-state index contributed by atoms with van der Waals surface area (Å²) < 4.78 is 7.27. The van der Waals surface area contributed by atoms with Gasteiger partial charge in [-0.15, -0.1) is 0 Å². The van der Waals surface area contributed by atoms with Gasteiger partial charge in [-0.1, -0.05) is 217 Å². The maximum Gasteiger partial charge on any atom is 0.333 e. The Morgan fingerprint density at radius 3 is 1.51 bits per heavy atom. The Kier molecular flexibility index (Phi) is 11.6. The average molecular weight is 1030 g/mol. The van der Waals surface area contributed by atoms with E-state index >= 15 is 0 Å². The zero-order chi connectivity index (χ0) is 54.4. The fraction of sp³-hybridized carbons (Fsp3) is 0.120. The quantitative estimate of drug-likeness (QED) is 0.142. The lowest BCUT2D eigenvalue weighted by Crippen LogP contribution is -2.61. The second-order valence-electron chi connectivity index (χ2n) is 23.8. The third-order valence-electron chi connectivity index (χ3n) is 16.7. The molecule has 0 fully saturated rings. The van der Waals surface area contributed by atoms with E-state index in [1.54, 1.807) is 0 Å². The monoisotopic (exact) mass is 1030 g/mol. The van der Waals surface area contributed by atoms with Gasteiger partial charge in [-0.05, 0) is 157 Å². The van der Waals surface area contributed by atoms with Gasteiger partial charge in [0.1, 0.15) is 5.58 Å². The summed E-state index contributed by atoms with van der Waals surface area (Å²) in [5, 5.41) is 2.19. The van der Waals surface area contributed by atoms with Crippen LogP contribution in [-0.4, -0.2) is 6.85 Å². The summed E-state index contributed by atoms with van der Waals surface area (Å²) in [5.41, 5.74) is 26.1. The van der Waals surface area contributed by atoms with E-state index < -0.39 is 0 Å². The van der Waals surface area contributed by atoms with Gasteiger partial charge in [-0.2, -0.15) is 0 Å². The van der Waals surface area contributed by atoms with Crippen LogP contribution in [0.4, 0.5) is 45.5 Å². The van der Waals surface area contributed by atoms with Crippen molar-refractivity contribution in [1.82, 2.24) is 0 Å². The SMILES string of the molecule is Cc1ccc(-c2ccccc2)cc1N1c2ccc(-c3ccccc3)cc2B2c3c(cc4c(oc5ccccc54)c31)-c1ccc(N(c3ccc(C(C)(C)C)cc3)c3ccc(C(C)(C)C)cc3)cc1N2c1ccc(-c2ccccc2)cc1. The summed E-state index contributed by atoms with van der Waals surface area (Å²) in [6.07, 6.45) is 0. The molecule has 0 bridgehead atoms. The zero-order valence-electron chi connectivity index (χ0n) is 46.5. The first-order valence-corrected chi connectivity index (χ1v) is 28.1. The van der Waals surface area contributed by atoms with Gasteiger partial charge in [-0.3, -0.25) is 0 Å². The Bertz CT molecular complexity index is 4250. The molecule has 4 nitrogen and oxygen atoms in total. The van der Waals surface area contributed by atoms with Crippen LogP contribution in [0.15, 0.2) is 253 Å². The van der Waals surface area contributed by atoms with Gasteiger partial charge in [-0.25, -0.2) is 0 Å². The molecular formula is C75H62BN3O. The normalized spacial score (nSPS) is 12.9. The van der Waals surface area contributed by atoms with Crippen molar-refractivity contribution in [3.63, 3.8) is 0 Å². The first-order chi connectivity index (χ1) is 38.9. The minimum atomic E-state index is -0.291. The molecule has 0 amide bonds. The molecule has 80 heavy (non-hydrogen) atoms. The van der Waals surface area contributed by atoms with Gasteiger partial charge >= 0.3 is 6.85 Å². The van der Waals surface area contributed by atoms with E-state index in [1.807, 2.05) is 0 Å². The smallest absolute Gasteiger partial charge is 0.333 e. The maximum atomic E-state index is 7.27. The van der Waals surface area contributed by atoms with Crippen LogP contribution in [0.3, 0.4) is 0 Å². The van der Waals surface area contributed by atoms with Crippen LogP contribution in [0, 0.1) is 6.92 Å². The molecule has 12 aromatic rings. The molecule has 11 aromatic carbocycles. The van der Waals surface area contributed by atoms with E-state index in [9.17, 15) is 0 Å². The molecule has 0 radical (unpaired) electrons. The molecule has 3 heterocycles. The van der Waals surface area contributed by atoms with Crippen LogP contribution in [0.1, 0.15) is 58.2 Å². The van der Waals surface area contributed by atoms with Crippen LogP contribution >= 0.6 is 0 Å². The standard InChI is InChI=1S/C75H62BN3O/c1-49-27-28-55(52-23-15-10-16-24-52)46-68(49)78-67-44-31-54(51-21-13-9-14-22-51)45-66(67)76-71-64(48-65-63-25-17-18-26-70(63)80-73(65)72(71)78)62-43-42-61(47-69(62)79(76)60-36-29-53(30-37-60)50-19-11-8-12-20-50)77(58-38-32-56(33-39-58)74(2,3)4)59-40-34-57(35-41-59)75(5,6)7/h8-48H,1-7H3. The van der Waals surface area contributed by atoms with Gasteiger partial charge < -0.3 is 19.0 Å². The Labute approximate surface area is 471 Å². The highest BCUT2D eigenvalue weighted by Crippen LogP contribution is 2.53. The predicted molar refractivity (Wildman–Crippen MR) is 341 cm³/mol. The number of para-hydroxylation sites is 1. The molecule has 2 aliphatic rings. The number of anilines is 8. The number of aryl methyl sites for hydroxylation is 1. The summed E-state index contributed by atoms with van der Waals surface area (Å²) in [4.78, 5) is 7.61. The topological polar surface area (TPSA) is 22.9 Å². The number of nitrogens with zero attached hydrogens (tertiary/aromatic N) is 3. The molecule has 0 aliphatic carbocycles. The predicted octanol–water partition coefficient (Wildman–Crippen LogP) is 19.7. The average Bonchev–Trinajstić information content (AvgIpc) is 2.27. The van der Waals surface area contributed by atoms with Gasteiger partial charge in [0.2, 0.25) is 0 Å². The molecule has 2 aliphatic heterocycles. The van der Waals surface area contributed by atoms with Crippen molar-refractivity contribution in [2.24, 2.45) is 0 Å². The minimum Gasteiger partial charge on any atom is -0.454 e. The number of hydrogen-bond donors (Lipinski definition) is 0. The Hall–Kier alpha value is -9.32. The molecule has 0 N–H and O–H groups in total. The largest absolute Gasteiger partial charge is 0.454 e. The minimum absolute atomic E-state index is 0.00765. The summed E-state index contributed by atoms with van der Waals surface area (Å²) in [6.45, 7) is 15.7. The van der Waals surface area contributed by atoms with Gasteiger partial charge in [0.15, 0.2) is 5.58 Å². The molecule has 0 saturated heterocycles. The van der Waals surface area contributed by atoms with E-state index in [0.717, 1.165) is 84.1 Å². The van der Waals surface area contributed by atoms with E-state index in [-0.39, 0.29) is 17.7 Å². The molecule has 0 saturated carbocycles. The zero-order valence-corrected chi connectivity index (χ0v) is 46.5. The summed E-state index contributed by atoms with van der Waals surface area (Å²) in [5.74, 6) is 0. The van der Waals surface area contributed by atoms with Crippen molar-refractivity contribution in [2.45, 2.75) is 59.3 Å². The van der Waals surface area contributed by atoms with Crippen molar-refractivity contribution in [3.8, 4) is 44.5 Å². The molecule has 1 aromatic heterocycles. The second kappa shape index (κ2) is 19.0. The van der Waals surface area contributed by atoms with Crippen LogP contribution in [0.5, 0.6) is 0 Å². The highest BCUT2D eigenvalue weighted by molar-refractivity contribution is 6.94. The number of rotatable bonds is 8. The third kappa shape index (κ3) is 8.30. The van der Waals surface area contributed by atoms with Crippen LogP contribution in [-0.2, 0) is 10.8 Å². The molecule has 14 rings (SSSR count). The highest BCUT2D eigenvalue weighted by Gasteiger charge is 2.47. The second-order valence-corrected chi connectivity index (χ2v) is 23.8. The summed E-state index contributed by atoms with van der Waals surface area (Å²) in [7, 11) is 0. The van der Waals surface area contributed by atoms with E-state index in [1.165, 1.54) is 55.4 Å². The number of furan rings is 1. The molecular weight excluding hydrogens is 970 g/mol. The Balaban J connectivity index is 1.09. The fourth-order valence-electron chi connectivity index (χ4n) is 12.4. The Morgan fingerprint density at radius 2 is 0.912 bits per heavy atom. The lowest BCUT2D eigenvalue weighted by Gasteiger charge is -2.46. The molecule has 386 valence electrons. The summed E-state index contributed by atoms with van der Waals surface area (Å²) in [6, 6.07) is 92.2. The van der Waals surface area contributed by atoms with Crippen molar-refractivity contribution >= 4 is 85.2 Å². The number of benzene rings is 11. The van der Waals surface area contributed by atoms with Gasteiger partial charge in [0, 0.05) is 56.1 Å². The molecule has 0 atom stereocenters. The first kappa shape index (κ1) is 49.0. The van der Waals surface area contributed by atoms with Crippen molar-refractivity contribution in [2.75, 3.05) is 14.6 Å². The maximum absolute atomic E-state index is 7.27. The van der Waals surface area contributed by atoms with Crippen LogP contribution < -0.4 is 25.5 Å². The molecule has 0 spiro atoms. The lowest BCUT2D eigenvalue weighted by molar-refractivity contribution is 0.590. The van der Waals surface area contributed by atoms with Gasteiger partial charge in [0.25, 0.3) is 0 Å². The number of hydrogen-bond acceptors (Lipinski definition) is 4. The molecule has 5 heteroatoms. The third-order valence-corrected chi connectivity index (χ3v) is 16.7. The Morgan fingerprint density at radius 1 is 0.400 bits per heavy atom. The lowest BCUT2D eigenvalue weighted by atomic mass is 9.43. The van der Waals surface area contributed by atoms with E-state index in [0.29, 0.717) is 0 Å². The molecule has 0 unspecified atom stereocenters. The fourth-order valence-corrected chi connectivity index (χ4v) is 12.4. The van der Waals surface area contributed by atoms with E-state index in [4.69, 9.17) is 4.42 Å². The number of fused-ring (bicyclic) bond motifs is 8. The van der Waals surface area contributed by atoms with E-state index in [2.05, 4.69) is 312 Å². The van der Waals surface area contributed by atoms with Crippen LogP contribution in [0.2, 0.25) is 0 Å². The van der Waals surface area contributed by atoms with Crippen molar-refractivity contribution in [1.29, 1.82) is 0 Å². The van der Waals surface area contributed by atoms with Crippen LogP contribution in [0.25, 0.3) is 66.4 Å². The first-order valence-electron chi connectivity index (χ1n) is 28.1. The highest BCUT2D eigenvalue weighted by atomic mass is 16.3. The van der Waals surface area contributed by atoms with Crippen molar-refractivity contribution < 1.29 is 4.42 Å². The summed E-state index contributed by atoms with van der Waals surface area (Å²) >= 11 is 0. The van der Waals surface area contributed by atoms with Crippen molar-refractivity contribution in [3.05, 3.63) is 265 Å².